The second-order valence-electron chi connectivity index (χ2n) is 7.24. The van der Waals surface area contributed by atoms with E-state index in [1.165, 1.54) is 18.9 Å². The summed E-state index contributed by atoms with van der Waals surface area (Å²) < 4.78 is 4.86. The van der Waals surface area contributed by atoms with E-state index in [9.17, 15) is 14.4 Å². The topological polar surface area (TPSA) is 76.0 Å². The number of ether oxygens (including phenoxy) is 1. The molecule has 1 amide bonds. The van der Waals surface area contributed by atoms with E-state index in [-0.39, 0.29) is 24.1 Å². The van der Waals surface area contributed by atoms with Crippen LogP contribution in [0.3, 0.4) is 0 Å². The van der Waals surface area contributed by atoms with E-state index in [4.69, 9.17) is 4.74 Å². The number of allylic oxidation sites excluding steroid dienone is 2. The van der Waals surface area contributed by atoms with E-state index in [1.54, 1.807) is 13.1 Å². The minimum atomic E-state index is -0.0960. The summed E-state index contributed by atoms with van der Waals surface area (Å²) in [6, 6.07) is 0. The van der Waals surface area contributed by atoms with E-state index in [0.717, 1.165) is 37.8 Å². The van der Waals surface area contributed by atoms with Gasteiger partial charge < -0.3 is 9.64 Å². The molecule has 6 heteroatoms. The SMILES string of the molecule is COC(=O)C1CCC(CCN=C(C)/C(=C\CC(C)=O)N(C)C=O)C(C)C1. The predicted octanol–water partition coefficient (Wildman–Crippen LogP) is 3.01. The number of rotatable bonds is 9. The molecule has 6 nitrogen and oxygen atoms in total. The van der Waals surface area contributed by atoms with Gasteiger partial charge in [-0.1, -0.05) is 13.0 Å². The Morgan fingerprint density at radius 1 is 1.27 bits per heavy atom. The number of Topliss-reactive ketones (excluding diaryl/α,β-unsaturated/α-hetero) is 1. The number of hydrogen-bond donors (Lipinski definition) is 0. The summed E-state index contributed by atoms with van der Waals surface area (Å²) in [7, 11) is 3.11. The Morgan fingerprint density at radius 3 is 2.50 bits per heavy atom. The smallest absolute Gasteiger partial charge is 0.308 e. The van der Waals surface area contributed by atoms with Gasteiger partial charge in [0.1, 0.15) is 5.78 Å². The van der Waals surface area contributed by atoms with Crippen LogP contribution < -0.4 is 0 Å². The average Bonchev–Trinajstić information content (AvgIpc) is 2.61. The first-order valence-corrected chi connectivity index (χ1v) is 9.27. The molecule has 1 aliphatic rings. The van der Waals surface area contributed by atoms with Crippen molar-refractivity contribution in [3.05, 3.63) is 11.8 Å². The normalized spacial score (nSPS) is 24.1. The van der Waals surface area contributed by atoms with Crippen LogP contribution >= 0.6 is 0 Å². The summed E-state index contributed by atoms with van der Waals surface area (Å²) in [5.41, 5.74) is 1.44. The fraction of sp³-hybridized carbons (Fsp3) is 0.700. The maximum Gasteiger partial charge on any atom is 0.308 e. The second kappa shape index (κ2) is 10.9. The summed E-state index contributed by atoms with van der Waals surface area (Å²) in [4.78, 5) is 40.0. The van der Waals surface area contributed by atoms with Gasteiger partial charge in [-0.25, -0.2) is 0 Å². The Morgan fingerprint density at radius 2 is 1.96 bits per heavy atom. The number of hydrogen-bond acceptors (Lipinski definition) is 5. The molecule has 26 heavy (non-hydrogen) atoms. The highest BCUT2D eigenvalue weighted by molar-refractivity contribution is 5.99. The van der Waals surface area contributed by atoms with Gasteiger partial charge in [-0.05, 0) is 51.4 Å². The first kappa shape index (κ1) is 22.1. The Labute approximate surface area is 156 Å². The van der Waals surface area contributed by atoms with Gasteiger partial charge in [0.2, 0.25) is 6.41 Å². The van der Waals surface area contributed by atoms with E-state index in [1.807, 2.05) is 6.92 Å². The van der Waals surface area contributed by atoms with Crippen molar-refractivity contribution in [3.63, 3.8) is 0 Å². The number of carbonyl (C=O) groups is 3. The minimum absolute atomic E-state index is 0.0267. The fourth-order valence-electron chi connectivity index (χ4n) is 3.59. The third-order valence-corrected chi connectivity index (χ3v) is 5.22. The van der Waals surface area contributed by atoms with Crippen molar-refractivity contribution >= 4 is 23.9 Å². The lowest BCUT2D eigenvalue weighted by Gasteiger charge is -2.32. The Hall–Kier alpha value is -1.98. The zero-order valence-corrected chi connectivity index (χ0v) is 16.7. The molecule has 0 radical (unpaired) electrons. The molecule has 1 rings (SSSR count). The van der Waals surface area contributed by atoms with E-state index < -0.39 is 0 Å². The Bertz CT molecular complexity index is 568. The highest BCUT2D eigenvalue weighted by atomic mass is 16.5. The van der Waals surface area contributed by atoms with Gasteiger partial charge >= 0.3 is 5.97 Å². The third-order valence-electron chi connectivity index (χ3n) is 5.22. The number of esters is 1. The van der Waals surface area contributed by atoms with Gasteiger partial charge in [-0.2, -0.15) is 0 Å². The van der Waals surface area contributed by atoms with Crippen LogP contribution in [0.15, 0.2) is 16.8 Å². The van der Waals surface area contributed by atoms with Gasteiger partial charge in [-0.3, -0.25) is 19.4 Å². The van der Waals surface area contributed by atoms with Crippen LogP contribution in [0.2, 0.25) is 0 Å². The first-order valence-electron chi connectivity index (χ1n) is 9.27. The highest BCUT2D eigenvalue weighted by Gasteiger charge is 2.31. The monoisotopic (exact) mass is 364 g/mol. The van der Waals surface area contributed by atoms with Crippen LogP contribution in [0.4, 0.5) is 0 Å². The molecular weight excluding hydrogens is 332 g/mol. The highest BCUT2D eigenvalue weighted by Crippen LogP contribution is 2.36. The van der Waals surface area contributed by atoms with Crippen molar-refractivity contribution in [2.24, 2.45) is 22.7 Å². The zero-order chi connectivity index (χ0) is 19.7. The molecular formula is C20H32N2O4. The summed E-state index contributed by atoms with van der Waals surface area (Å²) >= 11 is 0. The molecule has 1 saturated carbocycles. The molecule has 0 N–H and O–H groups in total. The largest absolute Gasteiger partial charge is 0.469 e. The van der Waals surface area contributed by atoms with Crippen molar-refractivity contribution < 1.29 is 19.1 Å². The number of amides is 1. The van der Waals surface area contributed by atoms with Gasteiger partial charge in [-0.15, -0.1) is 0 Å². The molecule has 3 unspecified atom stereocenters. The third kappa shape index (κ3) is 6.73. The van der Waals surface area contributed by atoms with Crippen molar-refractivity contribution in [2.75, 3.05) is 20.7 Å². The molecule has 146 valence electrons. The van der Waals surface area contributed by atoms with Crippen LogP contribution in [0.5, 0.6) is 0 Å². The summed E-state index contributed by atoms with van der Waals surface area (Å²) in [5.74, 6) is 0.987. The van der Waals surface area contributed by atoms with Gasteiger partial charge in [0, 0.05) is 20.0 Å². The molecule has 1 aliphatic carbocycles. The van der Waals surface area contributed by atoms with Crippen LogP contribution in [-0.4, -0.2) is 49.5 Å². The molecule has 0 aromatic rings. The number of ketones is 1. The maximum absolute atomic E-state index is 11.7. The summed E-state index contributed by atoms with van der Waals surface area (Å²) in [5, 5.41) is 0. The van der Waals surface area contributed by atoms with Gasteiger partial charge in [0.25, 0.3) is 0 Å². The lowest BCUT2D eigenvalue weighted by Crippen LogP contribution is -2.29. The number of aliphatic imine (C=N–C) groups is 1. The number of carbonyl (C=O) groups excluding carboxylic acids is 3. The van der Waals surface area contributed by atoms with E-state index in [0.29, 0.717) is 24.1 Å². The molecule has 0 bridgehead atoms. The van der Waals surface area contributed by atoms with E-state index in [2.05, 4.69) is 11.9 Å². The van der Waals surface area contributed by atoms with Gasteiger partial charge in [0.05, 0.1) is 24.4 Å². The average molecular weight is 364 g/mol. The maximum atomic E-state index is 11.7. The summed E-state index contributed by atoms with van der Waals surface area (Å²) in [6.45, 7) is 6.25. The van der Waals surface area contributed by atoms with Crippen LogP contribution in [-0.2, 0) is 19.1 Å². The number of methoxy groups -OCH3 is 1. The van der Waals surface area contributed by atoms with Crippen LogP contribution in [0, 0.1) is 17.8 Å². The van der Waals surface area contributed by atoms with Crippen molar-refractivity contribution in [3.8, 4) is 0 Å². The molecule has 0 aromatic heterocycles. The van der Waals surface area contributed by atoms with Crippen LogP contribution in [0.25, 0.3) is 0 Å². The molecule has 0 saturated heterocycles. The molecule has 1 fully saturated rings. The molecule has 3 atom stereocenters. The lowest BCUT2D eigenvalue weighted by atomic mass is 9.73. The molecule has 0 aliphatic heterocycles. The summed E-state index contributed by atoms with van der Waals surface area (Å²) in [6.07, 6.45) is 6.48. The lowest BCUT2D eigenvalue weighted by molar-refractivity contribution is -0.147. The van der Waals surface area contributed by atoms with Crippen molar-refractivity contribution in [1.82, 2.24) is 4.90 Å². The predicted molar refractivity (Wildman–Crippen MR) is 102 cm³/mol. The van der Waals surface area contributed by atoms with E-state index >= 15 is 0 Å². The van der Waals surface area contributed by atoms with Crippen molar-refractivity contribution in [2.45, 2.75) is 52.9 Å². The van der Waals surface area contributed by atoms with Crippen LogP contribution in [0.1, 0.15) is 52.9 Å². The first-order chi connectivity index (χ1) is 12.3. The second-order valence-corrected chi connectivity index (χ2v) is 7.24. The fourth-order valence-corrected chi connectivity index (χ4v) is 3.59. The molecule has 0 heterocycles. The molecule has 0 spiro atoms. The Kier molecular flexibility index (Phi) is 9.24. The van der Waals surface area contributed by atoms with Crippen molar-refractivity contribution in [1.29, 1.82) is 0 Å². The van der Waals surface area contributed by atoms with Gasteiger partial charge in [0.15, 0.2) is 0 Å². The number of nitrogens with zero attached hydrogens (tertiary/aromatic N) is 2. The quantitative estimate of drug-likeness (QED) is 0.358. The molecule has 0 aromatic carbocycles. The minimum Gasteiger partial charge on any atom is -0.469 e. The Balaban J connectivity index is 2.63. The standard InChI is InChI=1S/C20H32N2O4/c1-14-12-18(20(25)26-5)8-7-17(14)10-11-21-16(3)19(22(4)13-23)9-6-15(2)24/h9,13-14,17-18H,6-8,10-12H2,1-5H3/b19-9+,21-16?. The zero-order valence-electron chi connectivity index (χ0n) is 16.7.